The van der Waals surface area contributed by atoms with Gasteiger partial charge in [-0.15, -0.1) is 0 Å². The molecule has 0 saturated heterocycles. The van der Waals surface area contributed by atoms with Crippen LogP contribution in [0.5, 0.6) is 0 Å². The number of hydrogen-bond acceptors (Lipinski definition) is 7. The second-order valence-corrected chi connectivity index (χ2v) is 10.8. The SMILES string of the molecule is CCCN(c1cc2cc(n1)NCCCCc1cccc(c1)CC(C)(N)C(=O)OC2)S(C)(=O)=O. The number of esters is 1. The summed E-state index contributed by atoms with van der Waals surface area (Å²) in [4.78, 5) is 17.3. The predicted molar refractivity (Wildman–Crippen MR) is 131 cm³/mol. The van der Waals surface area contributed by atoms with E-state index in [-0.39, 0.29) is 6.61 Å². The summed E-state index contributed by atoms with van der Waals surface area (Å²) in [5, 5.41) is 3.29. The molecular formula is C24H34N4O4S. The fourth-order valence-corrected chi connectivity index (χ4v) is 4.85. The molecule has 1 aromatic carbocycles. The molecule has 0 fully saturated rings. The molecule has 0 saturated carbocycles. The number of sulfonamides is 1. The number of ether oxygens (including phenoxy) is 1. The van der Waals surface area contributed by atoms with Gasteiger partial charge in [0.2, 0.25) is 10.0 Å². The van der Waals surface area contributed by atoms with Crippen LogP contribution in [0.4, 0.5) is 11.6 Å². The van der Waals surface area contributed by atoms with E-state index in [1.165, 1.54) is 9.87 Å². The van der Waals surface area contributed by atoms with E-state index in [4.69, 9.17) is 10.5 Å². The summed E-state index contributed by atoms with van der Waals surface area (Å²) in [5.74, 6) is 0.344. The molecule has 1 aliphatic rings. The quantitative estimate of drug-likeness (QED) is 0.655. The molecule has 3 rings (SSSR count). The Hall–Kier alpha value is -2.65. The van der Waals surface area contributed by atoms with E-state index >= 15 is 0 Å². The highest BCUT2D eigenvalue weighted by Crippen LogP contribution is 2.23. The van der Waals surface area contributed by atoms with E-state index in [9.17, 15) is 13.2 Å². The number of nitrogens with zero attached hydrogens (tertiary/aromatic N) is 2. The van der Waals surface area contributed by atoms with Crippen molar-refractivity contribution in [1.29, 1.82) is 0 Å². The summed E-state index contributed by atoms with van der Waals surface area (Å²) in [7, 11) is -3.51. The van der Waals surface area contributed by atoms with Crippen molar-refractivity contribution in [2.75, 3.05) is 29.0 Å². The molecule has 1 aromatic heterocycles. The molecule has 0 spiro atoms. The van der Waals surface area contributed by atoms with Gasteiger partial charge in [-0.1, -0.05) is 31.2 Å². The Labute approximate surface area is 196 Å². The highest BCUT2D eigenvalue weighted by Gasteiger charge is 2.31. The lowest BCUT2D eigenvalue weighted by Crippen LogP contribution is -2.48. The normalized spacial score (nSPS) is 19.9. The van der Waals surface area contributed by atoms with Crippen LogP contribution in [0.15, 0.2) is 36.4 Å². The van der Waals surface area contributed by atoms with Crippen molar-refractivity contribution < 1.29 is 17.9 Å². The molecule has 1 atom stereocenters. The fraction of sp³-hybridized carbons (Fsp3) is 0.500. The molecule has 9 heteroatoms. The summed E-state index contributed by atoms with van der Waals surface area (Å²) in [6, 6.07) is 11.6. The summed E-state index contributed by atoms with van der Waals surface area (Å²) in [6.45, 7) is 4.56. The number of benzene rings is 1. The van der Waals surface area contributed by atoms with Gasteiger partial charge in [0.05, 0.1) is 6.26 Å². The van der Waals surface area contributed by atoms with E-state index in [2.05, 4.69) is 22.4 Å². The number of rotatable bonds is 4. The summed E-state index contributed by atoms with van der Waals surface area (Å²) in [6.07, 6.45) is 5.00. The molecule has 4 bridgehead atoms. The Morgan fingerprint density at radius 1 is 1.18 bits per heavy atom. The number of pyridine rings is 1. The van der Waals surface area contributed by atoms with Crippen LogP contribution in [0, 0.1) is 0 Å². The summed E-state index contributed by atoms with van der Waals surface area (Å²) < 4.78 is 31.6. The van der Waals surface area contributed by atoms with Gasteiger partial charge in [-0.25, -0.2) is 13.4 Å². The van der Waals surface area contributed by atoms with Crippen LogP contribution in [0.25, 0.3) is 0 Å². The number of aryl methyl sites for hydroxylation is 1. The van der Waals surface area contributed by atoms with E-state index < -0.39 is 21.5 Å². The second-order valence-electron chi connectivity index (χ2n) is 8.93. The van der Waals surface area contributed by atoms with Crippen LogP contribution >= 0.6 is 0 Å². The predicted octanol–water partition coefficient (Wildman–Crippen LogP) is 3.01. The first-order valence-corrected chi connectivity index (χ1v) is 13.2. The van der Waals surface area contributed by atoms with Gasteiger partial charge in [0.15, 0.2) is 0 Å². The maximum absolute atomic E-state index is 12.8. The minimum Gasteiger partial charge on any atom is -0.459 e. The molecule has 2 aromatic rings. The topological polar surface area (TPSA) is 115 Å². The highest BCUT2D eigenvalue weighted by molar-refractivity contribution is 7.92. The Kier molecular flexibility index (Phi) is 7.97. The summed E-state index contributed by atoms with van der Waals surface area (Å²) >= 11 is 0. The molecule has 1 unspecified atom stereocenters. The van der Waals surface area contributed by atoms with Crippen molar-refractivity contribution in [3.63, 3.8) is 0 Å². The third-order valence-electron chi connectivity index (χ3n) is 5.55. The fourth-order valence-electron chi connectivity index (χ4n) is 3.90. The van der Waals surface area contributed by atoms with Crippen LogP contribution in [0.3, 0.4) is 0 Å². The van der Waals surface area contributed by atoms with Crippen molar-refractivity contribution >= 4 is 27.6 Å². The number of anilines is 2. The second kappa shape index (κ2) is 10.5. The van der Waals surface area contributed by atoms with Crippen LogP contribution in [-0.4, -0.2) is 44.3 Å². The first-order valence-electron chi connectivity index (χ1n) is 11.3. The molecule has 1 aliphatic heterocycles. The molecule has 0 radical (unpaired) electrons. The van der Waals surface area contributed by atoms with Crippen molar-refractivity contribution in [3.8, 4) is 0 Å². The van der Waals surface area contributed by atoms with Gasteiger partial charge in [-0.3, -0.25) is 9.10 Å². The Bertz CT molecular complexity index is 1090. The van der Waals surface area contributed by atoms with E-state index in [0.29, 0.717) is 43.1 Å². The molecule has 2 heterocycles. The van der Waals surface area contributed by atoms with Crippen LogP contribution < -0.4 is 15.4 Å². The minimum absolute atomic E-state index is 0.0282. The van der Waals surface area contributed by atoms with Gasteiger partial charge < -0.3 is 15.8 Å². The Morgan fingerprint density at radius 3 is 2.67 bits per heavy atom. The average molecular weight is 475 g/mol. The monoisotopic (exact) mass is 474 g/mol. The molecule has 0 aliphatic carbocycles. The van der Waals surface area contributed by atoms with E-state index in [0.717, 1.165) is 31.1 Å². The van der Waals surface area contributed by atoms with Gasteiger partial charge in [0.25, 0.3) is 0 Å². The molecule has 8 nitrogen and oxygen atoms in total. The number of hydrogen-bond donors (Lipinski definition) is 2. The van der Waals surface area contributed by atoms with Gasteiger partial charge >= 0.3 is 5.97 Å². The lowest BCUT2D eigenvalue weighted by atomic mass is 9.92. The van der Waals surface area contributed by atoms with Crippen LogP contribution in [0.1, 0.15) is 49.8 Å². The van der Waals surface area contributed by atoms with E-state index in [1.807, 2.05) is 19.1 Å². The lowest BCUT2D eigenvalue weighted by Gasteiger charge is -2.24. The maximum Gasteiger partial charge on any atom is 0.326 e. The van der Waals surface area contributed by atoms with Crippen molar-refractivity contribution in [2.24, 2.45) is 5.73 Å². The Morgan fingerprint density at radius 2 is 1.94 bits per heavy atom. The van der Waals surface area contributed by atoms with Crippen LogP contribution in [-0.2, 0) is 39.0 Å². The zero-order valence-electron chi connectivity index (χ0n) is 19.6. The molecule has 33 heavy (non-hydrogen) atoms. The standard InChI is InChI=1S/C24H34N4O4S/c1-4-12-28(33(3,30)31)22-15-20-14-21(27-22)26-11-6-5-8-18-9-7-10-19(13-18)16-24(2,25)23(29)32-17-20/h7,9-10,13-15H,4-6,8,11-12,16-17,25H2,1-3H3,(H,26,27). The van der Waals surface area contributed by atoms with Crippen molar-refractivity contribution in [1.82, 2.24) is 4.98 Å². The Balaban J connectivity index is 1.92. The molecule has 3 N–H and O–H groups in total. The van der Waals surface area contributed by atoms with Gasteiger partial charge in [0, 0.05) is 19.5 Å². The van der Waals surface area contributed by atoms with E-state index in [1.54, 1.807) is 19.1 Å². The zero-order valence-corrected chi connectivity index (χ0v) is 20.5. The lowest BCUT2D eigenvalue weighted by molar-refractivity contribution is -0.150. The largest absolute Gasteiger partial charge is 0.459 e. The van der Waals surface area contributed by atoms with Crippen molar-refractivity contribution in [3.05, 3.63) is 53.1 Å². The number of carbonyl (C=O) groups excluding carboxylic acids is 1. The summed E-state index contributed by atoms with van der Waals surface area (Å²) in [5.41, 5.74) is 7.99. The smallest absolute Gasteiger partial charge is 0.326 e. The average Bonchev–Trinajstić information content (AvgIpc) is 2.74. The number of cyclic esters (lactones) is 1. The highest BCUT2D eigenvalue weighted by atomic mass is 32.2. The number of aromatic nitrogens is 1. The molecular weight excluding hydrogens is 440 g/mol. The van der Waals surface area contributed by atoms with Crippen LogP contribution in [0.2, 0.25) is 0 Å². The number of nitrogens with one attached hydrogen (secondary N) is 1. The van der Waals surface area contributed by atoms with Gasteiger partial charge in [-0.05, 0) is 61.4 Å². The van der Waals surface area contributed by atoms with Gasteiger partial charge in [-0.2, -0.15) is 0 Å². The maximum atomic E-state index is 12.8. The zero-order chi connectivity index (χ0) is 24.1. The number of fused-ring (bicyclic) bond motifs is 4. The molecule has 0 amide bonds. The first kappa shape index (κ1) is 25.0. The minimum atomic E-state index is -3.51. The third-order valence-corrected chi connectivity index (χ3v) is 6.72. The third kappa shape index (κ3) is 6.91. The first-order chi connectivity index (χ1) is 15.6. The van der Waals surface area contributed by atoms with Gasteiger partial charge in [0.1, 0.15) is 23.8 Å². The number of carbonyl (C=O) groups is 1. The number of nitrogens with two attached hydrogens (primary N) is 1. The molecule has 180 valence electrons. The van der Waals surface area contributed by atoms with Crippen molar-refractivity contribution in [2.45, 2.75) is 58.1 Å².